The van der Waals surface area contributed by atoms with Crippen molar-refractivity contribution in [2.24, 2.45) is 0 Å². The molecule has 0 amide bonds. The Kier molecular flexibility index (Phi) is 7.25. The maximum Gasteiger partial charge on any atom is 0.164 e. The molecule has 7 rings (SSSR count). The second-order valence-corrected chi connectivity index (χ2v) is 13.2. The van der Waals surface area contributed by atoms with Gasteiger partial charge in [0.2, 0.25) is 0 Å². The molecule has 0 saturated heterocycles. The van der Waals surface area contributed by atoms with Gasteiger partial charge in [-0.05, 0) is 83.3 Å². The lowest BCUT2D eigenvalue weighted by Gasteiger charge is -2.42. The first-order valence-electron chi connectivity index (χ1n) is 15.6. The van der Waals surface area contributed by atoms with Gasteiger partial charge in [0.05, 0.1) is 28.7 Å². The molecule has 0 unspecified atom stereocenters. The molecule has 6 aromatic rings. The molecule has 224 valence electrons. The standard InChI is InChI=1S/C40H34N6/c1-39(2)18-19-40(3,4)32-24-28(16-17-31(32)39)37-44-36(27-11-6-5-7-12-27)45-38(46-37)30-22-26(25-41)21-29(23-30)33-14-10-15-35(43-33)34-13-8-9-20-42-34/h5-17,20-24H,18-19H2,1-4H3. The average Bonchev–Trinajstić information content (AvgIpc) is 3.10. The molecule has 0 bridgehead atoms. The normalized spacial score (nSPS) is 14.7. The topological polar surface area (TPSA) is 88.2 Å². The zero-order chi connectivity index (χ0) is 31.9. The maximum atomic E-state index is 10.0. The van der Waals surface area contributed by atoms with E-state index in [4.69, 9.17) is 19.9 Å². The van der Waals surface area contributed by atoms with Gasteiger partial charge in [-0.15, -0.1) is 0 Å². The lowest BCUT2D eigenvalue weighted by Crippen LogP contribution is -2.33. The Hall–Kier alpha value is -5.54. The van der Waals surface area contributed by atoms with Crippen molar-refractivity contribution in [1.82, 2.24) is 24.9 Å². The molecule has 3 heterocycles. The highest BCUT2D eigenvalue weighted by Gasteiger charge is 2.37. The summed E-state index contributed by atoms with van der Waals surface area (Å²) in [6, 6.07) is 36.2. The third-order valence-electron chi connectivity index (χ3n) is 9.07. The number of hydrogen-bond donors (Lipinski definition) is 0. The van der Waals surface area contributed by atoms with Crippen LogP contribution in [0.5, 0.6) is 0 Å². The Morgan fingerprint density at radius 3 is 1.87 bits per heavy atom. The summed E-state index contributed by atoms with van der Waals surface area (Å²) < 4.78 is 0. The second-order valence-electron chi connectivity index (χ2n) is 13.2. The van der Waals surface area contributed by atoms with E-state index in [-0.39, 0.29) is 10.8 Å². The molecule has 0 spiro atoms. The summed E-state index contributed by atoms with van der Waals surface area (Å²) in [4.78, 5) is 24.3. The lowest BCUT2D eigenvalue weighted by molar-refractivity contribution is 0.332. The van der Waals surface area contributed by atoms with Crippen LogP contribution in [-0.2, 0) is 10.8 Å². The minimum atomic E-state index is 0.0474. The van der Waals surface area contributed by atoms with E-state index in [1.54, 1.807) is 6.20 Å². The molecule has 0 radical (unpaired) electrons. The predicted octanol–water partition coefficient (Wildman–Crippen LogP) is 9.22. The third-order valence-corrected chi connectivity index (χ3v) is 9.07. The van der Waals surface area contributed by atoms with Crippen molar-refractivity contribution in [3.8, 4) is 62.9 Å². The zero-order valence-corrected chi connectivity index (χ0v) is 26.5. The molecule has 3 aromatic carbocycles. The SMILES string of the molecule is CC1(C)CCC(C)(C)c2cc(-c3nc(-c4ccccc4)nc(-c4cc(C#N)cc(-c5cccc(-c6ccccn6)n5)c4)n3)ccc21. The quantitative estimate of drug-likeness (QED) is 0.197. The fourth-order valence-corrected chi connectivity index (χ4v) is 6.30. The van der Waals surface area contributed by atoms with E-state index in [9.17, 15) is 5.26 Å². The Balaban J connectivity index is 1.39. The number of nitriles is 1. The number of nitrogens with zero attached hydrogens (tertiary/aromatic N) is 6. The molecule has 0 N–H and O–H groups in total. The van der Waals surface area contributed by atoms with Gasteiger partial charge in [-0.1, -0.05) is 82.3 Å². The van der Waals surface area contributed by atoms with Gasteiger partial charge in [-0.3, -0.25) is 4.98 Å². The van der Waals surface area contributed by atoms with Crippen molar-refractivity contribution in [1.29, 1.82) is 5.26 Å². The van der Waals surface area contributed by atoms with Crippen LogP contribution < -0.4 is 0 Å². The summed E-state index contributed by atoms with van der Waals surface area (Å²) >= 11 is 0. The predicted molar refractivity (Wildman–Crippen MR) is 183 cm³/mol. The summed E-state index contributed by atoms with van der Waals surface area (Å²) in [5.74, 6) is 1.68. The smallest absolute Gasteiger partial charge is 0.164 e. The number of rotatable bonds is 5. The van der Waals surface area contributed by atoms with Gasteiger partial charge >= 0.3 is 0 Å². The first kappa shape index (κ1) is 29.2. The van der Waals surface area contributed by atoms with Crippen molar-refractivity contribution in [3.63, 3.8) is 0 Å². The number of pyridine rings is 2. The van der Waals surface area contributed by atoms with Crippen molar-refractivity contribution in [3.05, 3.63) is 126 Å². The minimum Gasteiger partial charge on any atom is -0.255 e. The average molecular weight is 599 g/mol. The molecule has 0 fully saturated rings. The van der Waals surface area contributed by atoms with Crippen molar-refractivity contribution in [2.45, 2.75) is 51.4 Å². The molecule has 6 nitrogen and oxygen atoms in total. The van der Waals surface area contributed by atoms with Gasteiger partial charge in [-0.25, -0.2) is 19.9 Å². The van der Waals surface area contributed by atoms with E-state index in [2.05, 4.69) is 56.9 Å². The van der Waals surface area contributed by atoms with Crippen LogP contribution in [-0.4, -0.2) is 24.9 Å². The molecular weight excluding hydrogens is 564 g/mol. The van der Waals surface area contributed by atoms with Crippen LogP contribution in [0.4, 0.5) is 0 Å². The second kappa shape index (κ2) is 11.4. The van der Waals surface area contributed by atoms with Gasteiger partial charge in [0.15, 0.2) is 17.5 Å². The molecule has 6 heteroatoms. The minimum absolute atomic E-state index is 0.0474. The molecule has 1 aliphatic rings. The molecule has 46 heavy (non-hydrogen) atoms. The third kappa shape index (κ3) is 5.57. The van der Waals surface area contributed by atoms with Crippen LogP contribution in [0.2, 0.25) is 0 Å². The van der Waals surface area contributed by atoms with Crippen molar-refractivity contribution in [2.75, 3.05) is 0 Å². The molecule has 0 saturated carbocycles. The summed E-state index contributed by atoms with van der Waals surface area (Å²) in [7, 11) is 0. The Labute approximate surface area is 269 Å². The summed E-state index contributed by atoms with van der Waals surface area (Å²) in [5.41, 5.74) is 9.03. The number of aromatic nitrogens is 5. The number of hydrogen-bond acceptors (Lipinski definition) is 6. The van der Waals surface area contributed by atoms with Crippen LogP contribution in [0.1, 0.15) is 57.2 Å². The monoisotopic (exact) mass is 598 g/mol. The Bertz CT molecular complexity index is 2110. The van der Waals surface area contributed by atoms with Crippen molar-refractivity contribution < 1.29 is 0 Å². The molecular formula is C40H34N6. The highest BCUT2D eigenvalue weighted by Crippen LogP contribution is 2.46. The van der Waals surface area contributed by atoms with Gasteiger partial charge in [0.25, 0.3) is 0 Å². The first-order valence-corrected chi connectivity index (χ1v) is 15.6. The fourth-order valence-electron chi connectivity index (χ4n) is 6.30. The van der Waals surface area contributed by atoms with Gasteiger partial charge in [0.1, 0.15) is 0 Å². The van der Waals surface area contributed by atoms with E-state index in [0.717, 1.165) is 52.2 Å². The summed E-state index contributed by atoms with van der Waals surface area (Å²) in [6.07, 6.45) is 4.02. The van der Waals surface area contributed by atoms with Gasteiger partial charge < -0.3 is 0 Å². The van der Waals surface area contributed by atoms with E-state index >= 15 is 0 Å². The first-order chi connectivity index (χ1) is 22.2. The summed E-state index contributed by atoms with van der Waals surface area (Å²) in [6.45, 7) is 9.31. The largest absolute Gasteiger partial charge is 0.255 e. The van der Waals surface area contributed by atoms with Gasteiger partial charge in [-0.2, -0.15) is 5.26 Å². The van der Waals surface area contributed by atoms with Crippen LogP contribution >= 0.6 is 0 Å². The number of benzene rings is 3. The van der Waals surface area contributed by atoms with Crippen LogP contribution in [0.15, 0.2) is 109 Å². The number of fused-ring (bicyclic) bond motifs is 1. The molecule has 0 atom stereocenters. The molecule has 0 aliphatic heterocycles. The summed E-state index contributed by atoms with van der Waals surface area (Å²) in [5, 5.41) is 10.0. The van der Waals surface area contributed by atoms with Crippen molar-refractivity contribution >= 4 is 0 Å². The van der Waals surface area contributed by atoms with E-state index in [1.165, 1.54) is 11.1 Å². The maximum absolute atomic E-state index is 10.0. The Morgan fingerprint density at radius 2 is 1.15 bits per heavy atom. The van der Waals surface area contributed by atoms with Crippen LogP contribution in [0.25, 0.3) is 56.8 Å². The van der Waals surface area contributed by atoms with Crippen LogP contribution in [0, 0.1) is 11.3 Å². The van der Waals surface area contributed by atoms with E-state index < -0.39 is 0 Å². The lowest BCUT2D eigenvalue weighted by atomic mass is 9.63. The van der Waals surface area contributed by atoms with E-state index in [0.29, 0.717) is 23.0 Å². The fraction of sp³-hybridized carbons (Fsp3) is 0.200. The van der Waals surface area contributed by atoms with Gasteiger partial charge in [0, 0.05) is 28.5 Å². The Morgan fingerprint density at radius 1 is 0.522 bits per heavy atom. The highest BCUT2D eigenvalue weighted by atomic mass is 15.0. The van der Waals surface area contributed by atoms with E-state index in [1.807, 2.05) is 84.9 Å². The van der Waals surface area contributed by atoms with Crippen LogP contribution in [0.3, 0.4) is 0 Å². The molecule has 1 aliphatic carbocycles. The highest BCUT2D eigenvalue weighted by molar-refractivity contribution is 5.74. The molecule has 3 aromatic heterocycles. The zero-order valence-electron chi connectivity index (χ0n) is 26.5.